The van der Waals surface area contributed by atoms with E-state index < -0.39 is 0 Å². The minimum absolute atomic E-state index is 0.0666. The van der Waals surface area contributed by atoms with E-state index in [0.29, 0.717) is 17.3 Å². The van der Waals surface area contributed by atoms with Gasteiger partial charge in [-0.15, -0.1) is 10.2 Å². The van der Waals surface area contributed by atoms with Crippen LogP contribution >= 0.6 is 11.8 Å². The highest BCUT2D eigenvalue weighted by Gasteiger charge is 2.24. The van der Waals surface area contributed by atoms with Gasteiger partial charge in [0, 0.05) is 29.2 Å². The monoisotopic (exact) mass is 406 g/mol. The number of ketones is 1. The first kappa shape index (κ1) is 19.3. The number of carbonyl (C=O) groups excluding carboxylic acids is 1. The fraction of sp³-hybridized carbons (Fsp3) is 0.227. The summed E-state index contributed by atoms with van der Waals surface area (Å²) in [5.74, 6) is 1.55. The number of ether oxygens (including phenoxy) is 1. The molecular formula is C22H22N4O2S. The minimum Gasteiger partial charge on any atom is -0.496 e. The summed E-state index contributed by atoms with van der Waals surface area (Å²) in [5, 5.41) is 10.1. The van der Waals surface area contributed by atoms with Crippen molar-refractivity contribution in [2.24, 2.45) is 0 Å². The number of aromatic amines is 1. The van der Waals surface area contributed by atoms with Gasteiger partial charge in [-0.3, -0.25) is 4.79 Å². The molecule has 1 N–H and O–H groups in total. The van der Waals surface area contributed by atoms with E-state index in [2.05, 4.69) is 15.2 Å². The Hall–Kier alpha value is -3.06. The van der Waals surface area contributed by atoms with Crippen LogP contribution in [0.4, 0.5) is 0 Å². The number of hydrogen-bond acceptors (Lipinski definition) is 5. The topological polar surface area (TPSA) is 72.8 Å². The zero-order valence-corrected chi connectivity index (χ0v) is 17.4. The van der Waals surface area contributed by atoms with Gasteiger partial charge in [0.1, 0.15) is 5.75 Å². The predicted molar refractivity (Wildman–Crippen MR) is 116 cm³/mol. The largest absolute Gasteiger partial charge is 0.496 e. The summed E-state index contributed by atoms with van der Waals surface area (Å²) < 4.78 is 7.49. The first-order valence-corrected chi connectivity index (χ1v) is 10.4. The number of para-hydroxylation sites is 2. The van der Waals surface area contributed by atoms with Gasteiger partial charge in [-0.25, -0.2) is 0 Å². The van der Waals surface area contributed by atoms with Crippen LogP contribution in [0.15, 0.2) is 59.9 Å². The van der Waals surface area contributed by atoms with Crippen LogP contribution in [0.1, 0.15) is 24.2 Å². The zero-order valence-electron chi connectivity index (χ0n) is 16.5. The lowest BCUT2D eigenvalue weighted by Crippen LogP contribution is -2.14. The van der Waals surface area contributed by atoms with Crippen molar-refractivity contribution < 1.29 is 9.53 Å². The number of Topliss-reactive ketones (excluding diaryl/α,β-unsaturated/α-hetero) is 1. The summed E-state index contributed by atoms with van der Waals surface area (Å²) >= 11 is 1.42. The highest BCUT2D eigenvalue weighted by molar-refractivity contribution is 8.00. The van der Waals surface area contributed by atoms with E-state index in [0.717, 1.165) is 28.0 Å². The number of thioether (sulfide) groups is 1. The minimum atomic E-state index is -0.297. The molecule has 0 fully saturated rings. The maximum absolute atomic E-state index is 13.1. The number of methoxy groups -OCH3 is 1. The molecule has 0 aliphatic heterocycles. The molecule has 148 valence electrons. The first-order chi connectivity index (χ1) is 14.1. The summed E-state index contributed by atoms with van der Waals surface area (Å²) in [7, 11) is 1.64. The molecule has 0 saturated carbocycles. The van der Waals surface area contributed by atoms with E-state index in [-0.39, 0.29) is 11.0 Å². The smallest absolute Gasteiger partial charge is 0.192 e. The van der Waals surface area contributed by atoms with Crippen LogP contribution in [-0.4, -0.2) is 37.9 Å². The molecule has 0 spiro atoms. The van der Waals surface area contributed by atoms with Crippen molar-refractivity contribution in [1.29, 1.82) is 0 Å². The molecule has 7 heteroatoms. The van der Waals surface area contributed by atoms with Crippen LogP contribution in [0.25, 0.3) is 22.3 Å². The van der Waals surface area contributed by atoms with Crippen LogP contribution in [0.2, 0.25) is 0 Å². The molecule has 4 aromatic rings. The van der Waals surface area contributed by atoms with E-state index in [1.54, 1.807) is 13.3 Å². The molecule has 2 aromatic heterocycles. The van der Waals surface area contributed by atoms with Crippen molar-refractivity contribution in [2.75, 3.05) is 7.11 Å². The second-order valence-electron chi connectivity index (χ2n) is 6.62. The van der Waals surface area contributed by atoms with Crippen molar-refractivity contribution in [1.82, 2.24) is 19.7 Å². The average molecular weight is 407 g/mol. The average Bonchev–Trinajstić information content (AvgIpc) is 3.37. The SMILES string of the molecule is CCn1c(S[C@@H](C)C(=O)c2c[nH]c3ccccc23)nnc1-c1ccccc1OC. The van der Waals surface area contributed by atoms with Gasteiger partial charge in [-0.2, -0.15) is 0 Å². The van der Waals surface area contributed by atoms with Gasteiger partial charge >= 0.3 is 0 Å². The molecule has 0 radical (unpaired) electrons. The van der Waals surface area contributed by atoms with Crippen LogP contribution in [0, 0.1) is 0 Å². The van der Waals surface area contributed by atoms with Crippen molar-refractivity contribution in [3.63, 3.8) is 0 Å². The summed E-state index contributed by atoms with van der Waals surface area (Å²) in [5.41, 5.74) is 2.54. The van der Waals surface area contributed by atoms with E-state index in [1.807, 2.05) is 66.9 Å². The first-order valence-electron chi connectivity index (χ1n) is 9.47. The lowest BCUT2D eigenvalue weighted by molar-refractivity contribution is 0.0995. The van der Waals surface area contributed by atoms with Crippen molar-refractivity contribution >= 4 is 28.4 Å². The molecule has 2 aromatic carbocycles. The molecule has 29 heavy (non-hydrogen) atoms. The molecular weight excluding hydrogens is 384 g/mol. The van der Waals surface area contributed by atoms with Gasteiger partial charge in [-0.1, -0.05) is 42.1 Å². The molecule has 0 saturated heterocycles. The van der Waals surface area contributed by atoms with Crippen molar-refractivity contribution in [2.45, 2.75) is 30.8 Å². The number of rotatable bonds is 7. The predicted octanol–water partition coefficient (Wildman–Crippen LogP) is 4.82. The van der Waals surface area contributed by atoms with Gasteiger partial charge in [0.25, 0.3) is 0 Å². The second kappa shape index (κ2) is 8.13. The molecule has 1 atom stereocenters. The molecule has 6 nitrogen and oxygen atoms in total. The second-order valence-corrected chi connectivity index (χ2v) is 7.93. The molecule has 0 aliphatic rings. The van der Waals surface area contributed by atoms with Crippen molar-refractivity contribution in [3.8, 4) is 17.1 Å². The molecule has 2 heterocycles. The number of nitrogens with one attached hydrogen (secondary N) is 1. The Morgan fingerprint density at radius 2 is 1.93 bits per heavy atom. The third-order valence-corrected chi connectivity index (χ3v) is 5.97. The number of nitrogens with zero attached hydrogens (tertiary/aromatic N) is 3. The van der Waals surface area contributed by atoms with Crippen LogP contribution < -0.4 is 4.74 Å². The Balaban J connectivity index is 1.63. The van der Waals surface area contributed by atoms with Crippen LogP contribution in [0.3, 0.4) is 0 Å². The highest BCUT2D eigenvalue weighted by atomic mass is 32.2. The van der Waals surface area contributed by atoms with Gasteiger partial charge in [0.15, 0.2) is 16.8 Å². The third-order valence-electron chi connectivity index (χ3n) is 4.89. The highest BCUT2D eigenvalue weighted by Crippen LogP contribution is 2.33. The van der Waals surface area contributed by atoms with E-state index in [4.69, 9.17) is 4.74 Å². The van der Waals surface area contributed by atoms with E-state index in [1.165, 1.54) is 11.8 Å². The fourth-order valence-electron chi connectivity index (χ4n) is 3.40. The van der Waals surface area contributed by atoms with E-state index in [9.17, 15) is 4.79 Å². The summed E-state index contributed by atoms with van der Waals surface area (Å²) in [4.78, 5) is 16.3. The number of H-pyrrole nitrogens is 1. The Morgan fingerprint density at radius 1 is 1.17 bits per heavy atom. The molecule has 0 unspecified atom stereocenters. The Labute approximate surface area is 173 Å². The van der Waals surface area contributed by atoms with Crippen LogP contribution in [-0.2, 0) is 6.54 Å². The number of aromatic nitrogens is 4. The number of fused-ring (bicyclic) bond motifs is 1. The maximum atomic E-state index is 13.1. The Bertz CT molecular complexity index is 1160. The molecule has 0 amide bonds. The quantitative estimate of drug-likeness (QED) is 0.352. The lowest BCUT2D eigenvalue weighted by atomic mass is 10.1. The fourth-order valence-corrected chi connectivity index (χ4v) is 4.38. The summed E-state index contributed by atoms with van der Waals surface area (Å²) in [6, 6.07) is 15.6. The normalized spacial score (nSPS) is 12.2. The molecule has 0 aliphatic carbocycles. The summed E-state index contributed by atoms with van der Waals surface area (Å²) in [6.07, 6.45) is 1.79. The number of hydrogen-bond donors (Lipinski definition) is 1. The van der Waals surface area contributed by atoms with Gasteiger partial charge in [-0.05, 0) is 32.0 Å². The maximum Gasteiger partial charge on any atom is 0.192 e. The van der Waals surface area contributed by atoms with Crippen LogP contribution in [0.5, 0.6) is 5.75 Å². The van der Waals surface area contributed by atoms with Gasteiger partial charge in [0.2, 0.25) is 0 Å². The molecule has 0 bridgehead atoms. The zero-order chi connectivity index (χ0) is 20.4. The summed E-state index contributed by atoms with van der Waals surface area (Å²) in [6.45, 7) is 4.64. The Morgan fingerprint density at radius 3 is 2.72 bits per heavy atom. The van der Waals surface area contributed by atoms with E-state index >= 15 is 0 Å². The third kappa shape index (κ3) is 3.53. The van der Waals surface area contributed by atoms with Gasteiger partial charge in [0.05, 0.1) is 17.9 Å². The standard InChI is InChI=1S/C22H22N4O2S/c1-4-26-21(16-10-6-8-12-19(16)28-3)24-25-22(26)29-14(2)20(27)17-13-23-18-11-7-5-9-15(17)18/h5-14,23H,4H2,1-3H3/t14-/m0/s1. The number of carbonyl (C=O) groups is 1. The van der Waals surface area contributed by atoms with Crippen molar-refractivity contribution in [3.05, 3.63) is 60.3 Å². The molecule has 4 rings (SSSR count). The lowest BCUT2D eigenvalue weighted by Gasteiger charge is -2.12. The Kier molecular flexibility index (Phi) is 5.40. The van der Waals surface area contributed by atoms with Gasteiger partial charge < -0.3 is 14.3 Å². The number of benzene rings is 2.